The van der Waals surface area contributed by atoms with Gasteiger partial charge in [-0.3, -0.25) is 14.4 Å². The largest absolute Gasteiger partial charge is 0.299 e. The monoisotopic (exact) mass is 657 g/mol. The standard InChI is InChI=1S/C45H68O3/c1-29(27-42(4,5)6)19-18-20-31(3)40(47)33(24-32-21-16-15-17-22-32)25-37(46)38-34(26-35-39(38)45(35,13)14)41(48)36(44(10,11)12)23-30(2)28-43(7,8)9/h15-17,21-22,33-36,38-39H,1-3,18-20,23-28H2,4-14H3/t33?,34?,35?,36?,38-,39?/m1/s1. The van der Waals surface area contributed by atoms with Gasteiger partial charge in [0.1, 0.15) is 11.6 Å². The van der Waals surface area contributed by atoms with Crippen molar-refractivity contribution in [3.8, 4) is 0 Å². The van der Waals surface area contributed by atoms with E-state index in [0.29, 0.717) is 30.8 Å². The summed E-state index contributed by atoms with van der Waals surface area (Å²) in [5.74, 6) is -0.421. The third-order valence-corrected chi connectivity index (χ3v) is 11.1. The molecular formula is C45H68O3. The number of benzene rings is 1. The topological polar surface area (TPSA) is 51.2 Å². The maximum atomic E-state index is 14.6. The maximum Gasteiger partial charge on any atom is 0.162 e. The summed E-state index contributed by atoms with van der Waals surface area (Å²) < 4.78 is 0. The molecule has 0 amide bonds. The lowest BCUT2D eigenvalue weighted by Crippen LogP contribution is -2.40. The third-order valence-electron chi connectivity index (χ3n) is 11.1. The van der Waals surface area contributed by atoms with Gasteiger partial charge in [-0.15, -0.1) is 0 Å². The van der Waals surface area contributed by atoms with Crippen molar-refractivity contribution in [2.75, 3.05) is 0 Å². The minimum absolute atomic E-state index is 0.00725. The van der Waals surface area contributed by atoms with Crippen molar-refractivity contribution in [3.05, 3.63) is 72.4 Å². The van der Waals surface area contributed by atoms with Crippen molar-refractivity contribution in [1.82, 2.24) is 0 Å². The molecule has 0 spiro atoms. The summed E-state index contributed by atoms with van der Waals surface area (Å²) in [5, 5.41) is 0. The van der Waals surface area contributed by atoms with Crippen molar-refractivity contribution in [2.24, 2.45) is 57.2 Å². The number of rotatable bonds is 17. The van der Waals surface area contributed by atoms with Crippen LogP contribution in [0.15, 0.2) is 66.8 Å². The number of fused-ring (bicyclic) bond motifs is 1. The lowest BCUT2D eigenvalue weighted by molar-refractivity contribution is -0.138. The first-order valence-corrected chi connectivity index (χ1v) is 18.6. The smallest absolute Gasteiger partial charge is 0.162 e. The van der Waals surface area contributed by atoms with Crippen molar-refractivity contribution in [1.29, 1.82) is 0 Å². The van der Waals surface area contributed by atoms with E-state index < -0.39 is 5.92 Å². The van der Waals surface area contributed by atoms with E-state index in [1.165, 1.54) is 5.57 Å². The number of hydrogen-bond acceptors (Lipinski definition) is 3. The Morgan fingerprint density at radius 2 is 1.38 bits per heavy atom. The molecule has 266 valence electrons. The number of allylic oxidation sites excluding steroid dienone is 3. The Labute approximate surface area is 294 Å². The van der Waals surface area contributed by atoms with Gasteiger partial charge < -0.3 is 0 Å². The molecule has 3 nitrogen and oxygen atoms in total. The quantitative estimate of drug-likeness (QED) is 0.124. The summed E-state index contributed by atoms with van der Waals surface area (Å²) in [6, 6.07) is 10.0. The lowest BCUT2D eigenvalue weighted by Gasteiger charge is -2.36. The number of carbonyl (C=O) groups excluding carboxylic acids is 3. The highest BCUT2D eigenvalue weighted by Gasteiger charge is 2.69. The van der Waals surface area contributed by atoms with Crippen LogP contribution in [0.25, 0.3) is 0 Å². The fourth-order valence-electron chi connectivity index (χ4n) is 8.88. The van der Waals surface area contributed by atoms with Crippen LogP contribution >= 0.6 is 0 Å². The molecule has 5 unspecified atom stereocenters. The molecule has 48 heavy (non-hydrogen) atoms. The molecule has 0 N–H and O–H groups in total. The molecule has 0 heterocycles. The Hall–Kier alpha value is -2.55. The first kappa shape index (κ1) is 39.9. The molecule has 0 aromatic heterocycles. The average Bonchev–Trinajstić information content (AvgIpc) is 3.24. The molecule has 2 aliphatic rings. The van der Waals surface area contributed by atoms with Gasteiger partial charge in [0.2, 0.25) is 0 Å². The third kappa shape index (κ3) is 10.7. The van der Waals surface area contributed by atoms with Crippen LogP contribution in [0.3, 0.4) is 0 Å². The molecule has 6 atom stereocenters. The van der Waals surface area contributed by atoms with Crippen molar-refractivity contribution >= 4 is 17.3 Å². The van der Waals surface area contributed by atoms with Crippen LogP contribution in [0.4, 0.5) is 0 Å². The van der Waals surface area contributed by atoms with Gasteiger partial charge >= 0.3 is 0 Å². The van der Waals surface area contributed by atoms with E-state index >= 15 is 0 Å². The first-order valence-electron chi connectivity index (χ1n) is 18.6. The average molecular weight is 657 g/mol. The highest BCUT2D eigenvalue weighted by molar-refractivity contribution is 6.00. The van der Waals surface area contributed by atoms with Crippen LogP contribution < -0.4 is 0 Å². The predicted octanol–water partition coefficient (Wildman–Crippen LogP) is 11.6. The summed E-state index contributed by atoms with van der Waals surface area (Å²) >= 11 is 0. The summed E-state index contributed by atoms with van der Waals surface area (Å²) in [7, 11) is 0. The van der Waals surface area contributed by atoms with Gasteiger partial charge in [-0.05, 0) is 96.0 Å². The molecule has 3 heteroatoms. The van der Waals surface area contributed by atoms with Gasteiger partial charge in [0.05, 0.1) is 0 Å². The van der Waals surface area contributed by atoms with Crippen LogP contribution in [0.1, 0.15) is 133 Å². The summed E-state index contributed by atoms with van der Waals surface area (Å²) in [6.07, 6.45) is 6.23. The number of ketones is 3. The van der Waals surface area contributed by atoms with Gasteiger partial charge in [-0.25, -0.2) is 0 Å². The van der Waals surface area contributed by atoms with Crippen LogP contribution in [0.5, 0.6) is 0 Å². The maximum absolute atomic E-state index is 14.6. The molecule has 2 saturated carbocycles. The normalized spacial score (nSPS) is 23.1. The second kappa shape index (κ2) is 15.1. The highest BCUT2D eigenvalue weighted by Crippen LogP contribution is 2.71. The van der Waals surface area contributed by atoms with Crippen LogP contribution in [-0.2, 0) is 20.8 Å². The summed E-state index contributed by atoms with van der Waals surface area (Å²) in [6.45, 7) is 37.1. The molecule has 2 aliphatic carbocycles. The van der Waals surface area contributed by atoms with Crippen molar-refractivity contribution < 1.29 is 14.4 Å². The van der Waals surface area contributed by atoms with Crippen molar-refractivity contribution in [2.45, 2.75) is 134 Å². The minimum atomic E-state index is -0.480. The zero-order chi connectivity index (χ0) is 36.4. The molecule has 0 aliphatic heterocycles. The van der Waals surface area contributed by atoms with E-state index in [0.717, 1.165) is 43.2 Å². The predicted molar refractivity (Wildman–Crippen MR) is 203 cm³/mol. The number of carbonyl (C=O) groups is 3. The molecule has 0 bridgehead atoms. The fourth-order valence-corrected chi connectivity index (χ4v) is 8.88. The number of hydrogen-bond donors (Lipinski definition) is 0. The Morgan fingerprint density at radius 1 is 0.812 bits per heavy atom. The Bertz CT molecular complexity index is 1350. The zero-order valence-corrected chi connectivity index (χ0v) is 32.6. The van der Waals surface area contributed by atoms with Crippen molar-refractivity contribution in [3.63, 3.8) is 0 Å². The van der Waals surface area contributed by atoms with Gasteiger partial charge in [0.15, 0.2) is 5.78 Å². The second-order valence-corrected chi connectivity index (χ2v) is 19.7. The molecule has 2 fully saturated rings. The summed E-state index contributed by atoms with van der Waals surface area (Å²) in [4.78, 5) is 43.2. The Morgan fingerprint density at radius 3 is 1.92 bits per heavy atom. The summed E-state index contributed by atoms with van der Waals surface area (Å²) in [5.41, 5.74) is 4.05. The lowest BCUT2D eigenvalue weighted by atomic mass is 9.67. The van der Waals surface area contributed by atoms with E-state index in [1.807, 2.05) is 30.3 Å². The van der Waals surface area contributed by atoms with E-state index in [2.05, 4.69) is 95.9 Å². The molecule has 1 aromatic rings. The molecule has 1 aromatic carbocycles. The van der Waals surface area contributed by atoms with Gasteiger partial charge in [-0.1, -0.05) is 137 Å². The second-order valence-electron chi connectivity index (χ2n) is 19.7. The van der Waals surface area contributed by atoms with E-state index in [-0.39, 0.29) is 69.1 Å². The van der Waals surface area contributed by atoms with Crippen LogP contribution in [-0.4, -0.2) is 17.3 Å². The fraction of sp³-hybridized carbons (Fsp3) is 0.667. The zero-order valence-electron chi connectivity index (χ0n) is 32.6. The van der Waals surface area contributed by atoms with Gasteiger partial charge in [0, 0.05) is 30.1 Å². The van der Waals surface area contributed by atoms with Gasteiger partial charge in [-0.2, -0.15) is 0 Å². The number of Topliss-reactive ketones (excluding diaryl/α,β-unsaturated/α-hetero) is 3. The molecule has 0 radical (unpaired) electrons. The minimum Gasteiger partial charge on any atom is -0.299 e. The van der Waals surface area contributed by atoms with E-state index in [4.69, 9.17) is 0 Å². The van der Waals surface area contributed by atoms with Crippen LogP contribution in [0, 0.1) is 57.2 Å². The molecule has 3 rings (SSSR count). The van der Waals surface area contributed by atoms with Crippen LogP contribution in [0.2, 0.25) is 0 Å². The molecular weight excluding hydrogens is 588 g/mol. The molecule has 0 saturated heterocycles. The Balaban J connectivity index is 1.83. The van der Waals surface area contributed by atoms with Gasteiger partial charge in [0.25, 0.3) is 0 Å². The first-order chi connectivity index (χ1) is 21.9. The SMILES string of the molecule is C=C(CCCC(=C)C(=O)C(CC(=O)[C@H]1C(C(=O)C(CC(=C)CC(C)(C)C)C(C)(C)C)CC2C1C2(C)C)Cc1ccccc1)CC(C)(C)C. The van der Waals surface area contributed by atoms with E-state index in [1.54, 1.807) is 0 Å². The van der Waals surface area contributed by atoms with E-state index in [9.17, 15) is 14.4 Å². The Kier molecular flexibility index (Phi) is 12.6. The highest BCUT2D eigenvalue weighted by atomic mass is 16.1.